The summed E-state index contributed by atoms with van der Waals surface area (Å²) < 4.78 is 11.4. The van der Waals surface area contributed by atoms with Gasteiger partial charge in [-0.05, 0) is 44.4 Å². The molecule has 0 saturated heterocycles. The zero-order chi connectivity index (χ0) is 13.6. The minimum atomic E-state index is 0.0887. The monoisotopic (exact) mass is 269 g/mol. The van der Waals surface area contributed by atoms with Gasteiger partial charge in [-0.1, -0.05) is 19.8 Å². The maximum absolute atomic E-state index is 6.23. The Morgan fingerprint density at radius 2 is 1.84 bits per heavy atom. The van der Waals surface area contributed by atoms with E-state index in [4.69, 9.17) is 9.47 Å². The predicted molar refractivity (Wildman–Crippen MR) is 78.4 cm³/mol. The summed E-state index contributed by atoms with van der Waals surface area (Å²) in [5, 5.41) is 3.68. The van der Waals surface area contributed by atoms with Gasteiger partial charge < -0.3 is 14.8 Å². The van der Waals surface area contributed by atoms with Crippen LogP contribution in [0.1, 0.15) is 58.3 Å². The maximum atomic E-state index is 6.23. The van der Waals surface area contributed by atoms with Gasteiger partial charge in [0.2, 0.25) is 0 Å². The normalized spacial score (nSPS) is 31.6. The van der Waals surface area contributed by atoms with Crippen LogP contribution in [-0.4, -0.2) is 38.5 Å². The molecule has 0 aliphatic heterocycles. The van der Waals surface area contributed by atoms with Crippen LogP contribution in [0, 0.1) is 5.92 Å². The SMILES string of the molecule is CCCC1CCC(CNC2CC2)(OCCOC)CC1. The standard InChI is InChI=1S/C16H31NO2/c1-3-4-14-7-9-16(10-8-14,19-12-11-18-2)13-17-15-5-6-15/h14-15,17H,3-13H2,1-2H3. The zero-order valence-electron chi connectivity index (χ0n) is 12.7. The average molecular weight is 269 g/mol. The van der Waals surface area contributed by atoms with E-state index in [-0.39, 0.29) is 5.60 Å². The third-order valence-corrected chi connectivity index (χ3v) is 4.70. The molecule has 0 aromatic carbocycles. The first-order valence-electron chi connectivity index (χ1n) is 8.14. The van der Waals surface area contributed by atoms with Crippen molar-refractivity contribution in [3.05, 3.63) is 0 Å². The molecule has 3 nitrogen and oxygen atoms in total. The molecule has 0 unspecified atom stereocenters. The van der Waals surface area contributed by atoms with E-state index in [1.165, 1.54) is 51.4 Å². The topological polar surface area (TPSA) is 30.5 Å². The van der Waals surface area contributed by atoms with E-state index >= 15 is 0 Å². The fourth-order valence-corrected chi connectivity index (χ4v) is 3.23. The number of hydrogen-bond acceptors (Lipinski definition) is 3. The number of rotatable bonds is 9. The van der Waals surface area contributed by atoms with Gasteiger partial charge in [-0.2, -0.15) is 0 Å². The summed E-state index contributed by atoms with van der Waals surface area (Å²) in [6.45, 7) is 4.79. The summed E-state index contributed by atoms with van der Waals surface area (Å²) in [5.74, 6) is 0.935. The van der Waals surface area contributed by atoms with Crippen molar-refractivity contribution >= 4 is 0 Å². The van der Waals surface area contributed by atoms with Gasteiger partial charge in [0, 0.05) is 19.7 Å². The zero-order valence-corrected chi connectivity index (χ0v) is 12.7. The summed E-state index contributed by atoms with van der Waals surface area (Å²) in [6, 6.07) is 0.774. The molecular weight excluding hydrogens is 238 g/mol. The van der Waals surface area contributed by atoms with Gasteiger partial charge in [0.05, 0.1) is 18.8 Å². The van der Waals surface area contributed by atoms with Crippen molar-refractivity contribution in [2.24, 2.45) is 5.92 Å². The van der Waals surface area contributed by atoms with E-state index in [1.807, 2.05) is 0 Å². The van der Waals surface area contributed by atoms with Crippen LogP contribution in [0.4, 0.5) is 0 Å². The first-order chi connectivity index (χ1) is 9.28. The Morgan fingerprint density at radius 1 is 1.11 bits per heavy atom. The predicted octanol–water partition coefficient (Wildman–Crippen LogP) is 3.13. The average Bonchev–Trinajstić information content (AvgIpc) is 3.24. The molecule has 2 fully saturated rings. The smallest absolute Gasteiger partial charge is 0.0807 e. The van der Waals surface area contributed by atoms with E-state index in [0.29, 0.717) is 6.61 Å². The first-order valence-corrected chi connectivity index (χ1v) is 8.14. The molecule has 0 heterocycles. The van der Waals surface area contributed by atoms with Crippen LogP contribution in [0.5, 0.6) is 0 Å². The van der Waals surface area contributed by atoms with Crippen LogP contribution in [0.3, 0.4) is 0 Å². The molecule has 0 bridgehead atoms. The lowest BCUT2D eigenvalue weighted by Crippen LogP contribution is -2.47. The Hall–Kier alpha value is -0.120. The van der Waals surface area contributed by atoms with Crippen LogP contribution in [-0.2, 0) is 9.47 Å². The highest BCUT2D eigenvalue weighted by Crippen LogP contribution is 2.37. The molecule has 2 aliphatic rings. The second kappa shape index (κ2) is 7.61. The second-order valence-electron chi connectivity index (χ2n) is 6.41. The molecule has 0 atom stereocenters. The molecule has 2 rings (SSSR count). The molecule has 0 aromatic heterocycles. The van der Waals surface area contributed by atoms with Crippen molar-refractivity contribution in [1.29, 1.82) is 0 Å². The molecule has 2 saturated carbocycles. The van der Waals surface area contributed by atoms with Crippen LogP contribution >= 0.6 is 0 Å². The van der Waals surface area contributed by atoms with Gasteiger partial charge in [0.1, 0.15) is 0 Å². The van der Waals surface area contributed by atoms with E-state index in [9.17, 15) is 0 Å². The van der Waals surface area contributed by atoms with E-state index < -0.39 is 0 Å². The van der Waals surface area contributed by atoms with E-state index in [2.05, 4.69) is 12.2 Å². The number of ether oxygens (including phenoxy) is 2. The first kappa shape index (κ1) is 15.3. The second-order valence-corrected chi connectivity index (χ2v) is 6.41. The summed E-state index contributed by atoms with van der Waals surface area (Å²) in [6.07, 6.45) is 10.6. The molecule has 0 spiro atoms. The Morgan fingerprint density at radius 3 is 2.42 bits per heavy atom. The van der Waals surface area contributed by atoms with Crippen molar-refractivity contribution in [2.45, 2.75) is 69.9 Å². The fraction of sp³-hybridized carbons (Fsp3) is 1.00. The van der Waals surface area contributed by atoms with Gasteiger partial charge in [0.25, 0.3) is 0 Å². The Labute approximate surface area is 118 Å². The third kappa shape index (κ3) is 5.05. The summed E-state index contributed by atoms with van der Waals surface area (Å²) in [7, 11) is 1.75. The molecule has 112 valence electrons. The molecule has 0 aromatic rings. The lowest BCUT2D eigenvalue weighted by Gasteiger charge is -2.40. The number of nitrogens with one attached hydrogen (secondary N) is 1. The van der Waals surface area contributed by atoms with Gasteiger partial charge >= 0.3 is 0 Å². The van der Waals surface area contributed by atoms with Gasteiger partial charge in [-0.25, -0.2) is 0 Å². The largest absolute Gasteiger partial charge is 0.382 e. The van der Waals surface area contributed by atoms with Crippen LogP contribution < -0.4 is 5.32 Å². The van der Waals surface area contributed by atoms with Crippen molar-refractivity contribution in [3.8, 4) is 0 Å². The molecule has 1 N–H and O–H groups in total. The van der Waals surface area contributed by atoms with Crippen molar-refractivity contribution in [1.82, 2.24) is 5.32 Å². The van der Waals surface area contributed by atoms with Crippen molar-refractivity contribution in [2.75, 3.05) is 26.9 Å². The Bertz CT molecular complexity index is 245. The number of methoxy groups -OCH3 is 1. The van der Waals surface area contributed by atoms with Crippen LogP contribution in [0.2, 0.25) is 0 Å². The fourth-order valence-electron chi connectivity index (χ4n) is 3.23. The molecule has 2 aliphatic carbocycles. The Kier molecular flexibility index (Phi) is 6.11. The maximum Gasteiger partial charge on any atom is 0.0807 e. The molecule has 0 radical (unpaired) electrons. The van der Waals surface area contributed by atoms with Crippen LogP contribution in [0.15, 0.2) is 0 Å². The van der Waals surface area contributed by atoms with E-state index in [0.717, 1.165) is 25.1 Å². The van der Waals surface area contributed by atoms with E-state index in [1.54, 1.807) is 7.11 Å². The van der Waals surface area contributed by atoms with Crippen LogP contribution in [0.25, 0.3) is 0 Å². The highest BCUT2D eigenvalue weighted by Gasteiger charge is 2.37. The lowest BCUT2D eigenvalue weighted by molar-refractivity contribution is -0.0897. The summed E-state index contributed by atoms with van der Waals surface area (Å²) >= 11 is 0. The number of hydrogen-bond donors (Lipinski definition) is 1. The molecule has 19 heavy (non-hydrogen) atoms. The summed E-state index contributed by atoms with van der Waals surface area (Å²) in [4.78, 5) is 0. The third-order valence-electron chi connectivity index (χ3n) is 4.70. The lowest BCUT2D eigenvalue weighted by atomic mass is 9.77. The van der Waals surface area contributed by atoms with Crippen molar-refractivity contribution in [3.63, 3.8) is 0 Å². The van der Waals surface area contributed by atoms with Crippen molar-refractivity contribution < 1.29 is 9.47 Å². The van der Waals surface area contributed by atoms with Gasteiger partial charge in [-0.3, -0.25) is 0 Å². The minimum absolute atomic E-state index is 0.0887. The highest BCUT2D eigenvalue weighted by atomic mass is 16.5. The van der Waals surface area contributed by atoms with Gasteiger partial charge in [-0.15, -0.1) is 0 Å². The molecular formula is C16H31NO2. The highest BCUT2D eigenvalue weighted by molar-refractivity contribution is 4.92. The van der Waals surface area contributed by atoms with Gasteiger partial charge in [0.15, 0.2) is 0 Å². The minimum Gasteiger partial charge on any atom is -0.382 e. The quantitative estimate of drug-likeness (QED) is 0.652. The molecule has 0 amide bonds. The molecule has 3 heteroatoms. The Balaban J connectivity index is 1.79. The summed E-state index contributed by atoms with van der Waals surface area (Å²) in [5.41, 5.74) is 0.0887.